The highest BCUT2D eigenvalue weighted by atomic mass is 16.3. The van der Waals surface area contributed by atoms with Gasteiger partial charge in [0.25, 0.3) is 0 Å². The van der Waals surface area contributed by atoms with Gasteiger partial charge in [0.2, 0.25) is 0 Å². The first kappa shape index (κ1) is 10.3. The molecule has 0 radical (unpaired) electrons. The molecule has 1 aromatic rings. The standard InChI is InChI=1S/C10H18N2O/c1-7(2)6-10(12-11)9-4-5-13-8(9)3/h4-5,7,10,12H,6,11H2,1-3H3. The van der Waals surface area contributed by atoms with Crippen LogP contribution >= 0.6 is 0 Å². The van der Waals surface area contributed by atoms with Gasteiger partial charge in [-0.1, -0.05) is 13.8 Å². The molecule has 0 bridgehead atoms. The summed E-state index contributed by atoms with van der Waals surface area (Å²) in [5.74, 6) is 7.06. The molecule has 13 heavy (non-hydrogen) atoms. The fourth-order valence-corrected chi connectivity index (χ4v) is 1.51. The van der Waals surface area contributed by atoms with Crippen LogP contribution < -0.4 is 11.3 Å². The number of furan rings is 1. The van der Waals surface area contributed by atoms with E-state index in [9.17, 15) is 0 Å². The molecule has 1 rings (SSSR count). The van der Waals surface area contributed by atoms with Gasteiger partial charge >= 0.3 is 0 Å². The number of hydrazine groups is 1. The third-order valence-corrected chi connectivity index (χ3v) is 2.18. The van der Waals surface area contributed by atoms with Gasteiger partial charge in [0, 0.05) is 11.6 Å². The first-order valence-electron chi connectivity index (χ1n) is 4.65. The molecule has 0 aromatic carbocycles. The Balaban J connectivity index is 2.72. The van der Waals surface area contributed by atoms with Gasteiger partial charge in [-0.05, 0) is 25.3 Å². The highest BCUT2D eigenvalue weighted by Crippen LogP contribution is 2.23. The van der Waals surface area contributed by atoms with Crippen molar-refractivity contribution in [2.45, 2.75) is 33.2 Å². The van der Waals surface area contributed by atoms with Crippen molar-refractivity contribution in [3.8, 4) is 0 Å². The molecule has 3 nitrogen and oxygen atoms in total. The maximum Gasteiger partial charge on any atom is 0.105 e. The molecule has 0 aliphatic heterocycles. The van der Waals surface area contributed by atoms with Crippen LogP contribution in [-0.2, 0) is 0 Å². The first-order valence-corrected chi connectivity index (χ1v) is 4.65. The largest absolute Gasteiger partial charge is 0.469 e. The highest BCUT2D eigenvalue weighted by molar-refractivity contribution is 5.19. The van der Waals surface area contributed by atoms with Crippen molar-refractivity contribution in [2.75, 3.05) is 0 Å². The van der Waals surface area contributed by atoms with Crippen molar-refractivity contribution >= 4 is 0 Å². The van der Waals surface area contributed by atoms with E-state index in [1.54, 1.807) is 6.26 Å². The van der Waals surface area contributed by atoms with E-state index in [1.165, 1.54) is 0 Å². The van der Waals surface area contributed by atoms with E-state index in [2.05, 4.69) is 19.3 Å². The van der Waals surface area contributed by atoms with Gasteiger partial charge in [-0.3, -0.25) is 11.3 Å². The Morgan fingerprint density at radius 3 is 2.62 bits per heavy atom. The van der Waals surface area contributed by atoms with Gasteiger partial charge in [-0.25, -0.2) is 0 Å². The predicted molar refractivity (Wildman–Crippen MR) is 53.0 cm³/mol. The zero-order chi connectivity index (χ0) is 9.84. The molecule has 1 unspecified atom stereocenters. The topological polar surface area (TPSA) is 51.2 Å². The van der Waals surface area contributed by atoms with E-state index < -0.39 is 0 Å². The predicted octanol–water partition coefficient (Wildman–Crippen LogP) is 2.14. The van der Waals surface area contributed by atoms with Crippen molar-refractivity contribution in [1.29, 1.82) is 0 Å². The maximum atomic E-state index is 5.49. The molecule has 0 saturated carbocycles. The molecule has 3 N–H and O–H groups in total. The zero-order valence-electron chi connectivity index (χ0n) is 8.50. The second kappa shape index (κ2) is 4.44. The monoisotopic (exact) mass is 182 g/mol. The lowest BCUT2D eigenvalue weighted by atomic mass is 9.98. The number of aryl methyl sites for hydroxylation is 1. The lowest BCUT2D eigenvalue weighted by molar-refractivity contribution is 0.428. The lowest BCUT2D eigenvalue weighted by Gasteiger charge is -2.17. The number of hydrogen-bond donors (Lipinski definition) is 2. The third-order valence-electron chi connectivity index (χ3n) is 2.18. The first-order chi connectivity index (χ1) is 6.15. The van der Waals surface area contributed by atoms with Crippen LogP contribution in [-0.4, -0.2) is 0 Å². The minimum Gasteiger partial charge on any atom is -0.469 e. The second-order valence-electron chi connectivity index (χ2n) is 3.78. The average Bonchev–Trinajstić information content (AvgIpc) is 2.47. The maximum absolute atomic E-state index is 5.49. The summed E-state index contributed by atoms with van der Waals surface area (Å²) in [4.78, 5) is 0. The Morgan fingerprint density at radius 1 is 1.54 bits per heavy atom. The molecular formula is C10H18N2O. The van der Waals surface area contributed by atoms with Crippen LogP contribution in [0.15, 0.2) is 16.7 Å². The molecule has 1 aromatic heterocycles. The Hall–Kier alpha value is -0.800. The molecule has 0 spiro atoms. The number of hydrogen-bond acceptors (Lipinski definition) is 3. The van der Waals surface area contributed by atoms with E-state index in [-0.39, 0.29) is 6.04 Å². The number of rotatable bonds is 4. The van der Waals surface area contributed by atoms with Gasteiger partial charge in [0.15, 0.2) is 0 Å². The summed E-state index contributed by atoms with van der Waals surface area (Å²) in [6.07, 6.45) is 2.73. The summed E-state index contributed by atoms with van der Waals surface area (Å²) in [5, 5.41) is 0. The fourth-order valence-electron chi connectivity index (χ4n) is 1.51. The molecule has 0 saturated heterocycles. The quantitative estimate of drug-likeness (QED) is 0.554. The molecule has 0 aliphatic carbocycles. The number of nitrogens with two attached hydrogens (primary N) is 1. The molecule has 74 valence electrons. The molecule has 3 heteroatoms. The van der Waals surface area contributed by atoms with Gasteiger partial charge in [-0.15, -0.1) is 0 Å². The minimum atomic E-state index is 0.207. The highest BCUT2D eigenvalue weighted by Gasteiger charge is 2.15. The summed E-state index contributed by atoms with van der Waals surface area (Å²) in [7, 11) is 0. The summed E-state index contributed by atoms with van der Waals surface area (Å²) < 4.78 is 5.23. The van der Waals surface area contributed by atoms with Crippen LogP contribution in [0, 0.1) is 12.8 Å². The molecule has 0 fully saturated rings. The third kappa shape index (κ3) is 2.57. The Bertz CT molecular complexity index is 255. The van der Waals surface area contributed by atoms with Crippen molar-refractivity contribution in [3.63, 3.8) is 0 Å². The van der Waals surface area contributed by atoms with E-state index >= 15 is 0 Å². The van der Waals surface area contributed by atoms with Crippen LogP contribution in [0.4, 0.5) is 0 Å². The van der Waals surface area contributed by atoms with E-state index in [1.807, 2.05) is 13.0 Å². The van der Waals surface area contributed by atoms with Crippen molar-refractivity contribution in [1.82, 2.24) is 5.43 Å². The zero-order valence-corrected chi connectivity index (χ0v) is 8.50. The van der Waals surface area contributed by atoms with Crippen LogP contribution in [0.5, 0.6) is 0 Å². The Kier molecular flexibility index (Phi) is 3.51. The van der Waals surface area contributed by atoms with Crippen LogP contribution in [0.3, 0.4) is 0 Å². The molecule has 0 amide bonds. The van der Waals surface area contributed by atoms with E-state index in [0.717, 1.165) is 17.7 Å². The second-order valence-corrected chi connectivity index (χ2v) is 3.78. The van der Waals surface area contributed by atoms with Crippen molar-refractivity contribution in [2.24, 2.45) is 11.8 Å². The molecule has 0 aliphatic rings. The van der Waals surface area contributed by atoms with Crippen LogP contribution in [0.2, 0.25) is 0 Å². The molecular weight excluding hydrogens is 164 g/mol. The minimum absolute atomic E-state index is 0.207. The lowest BCUT2D eigenvalue weighted by Crippen LogP contribution is -2.29. The van der Waals surface area contributed by atoms with E-state index in [4.69, 9.17) is 10.3 Å². The average molecular weight is 182 g/mol. The van der Waals surface area contributed by atoms with Crippen molar-refractivity contribution in [3.05, 3.63) is 23.7 Å². The van der Waals surface area contributed by atoms with Gasteiger partial charge in [-0.2, -0.15) is 0 Å². The summed E-state index contributed by atoms with van der Waals surface area (Å²) in [5.41, 5.74) is 3.98. The van der Waals surface area contributed by atoms with Gasteiger partial charge in [0.1, 0.15) is 5.76 Å². The van der Waals surface area contributed by atoms with Crippen LogP contribution in [0.25, 0.3) is 0 Å². The van der Waals surface area contributed by atoms with Gasteiger partial charge in [0.05, 0.1) is 6.26 Å². The smallest absolute Gasteiger partial charge is 0.105 e. The fraction of sp³-hybridized carbons (Fsp3) is 0.600. The molecule has 1 atom stereocenters. The Labute approximate surface area is 79.3 Å². The van der Waals surface area contributed by atoms with Gasteiger partial charge < -0.3 is 4.42 Å². The summed E-state index contributed by atoms with van der Waals surface area (Å²) >= 11 is 0. The van der Waals surface area contributed by atoms with E-state index in [0.29, 0.717) is 5.92 Å². The SMILES string of the molecule is Cc1occc1C(CC(C)C)NN. The molecule has 1 heterocycles. The van der Waals surface area contributed by atoms with Crippen LogP contribution in [0.1, 0.15) is 37.6 Å². The van der Waals surface area contributed by atoms with Crippen molar-refractivity contribution < 1.29 is 4.42 Å². The summed E-state index contributed by atoms with van der Waals surface area (Å²) in [6.45, 7) is 6.32. The number of nitrogens with one attached hydrogen (secondary N) is 1. The Morgan fingerprint density at radius 2 is 2.23 bits per heavy atom. The summed E-state index contributed by atoms with van der Waals surface area (Å²) in [6, 6.07) is 2.18. The normalized spacial score (nSPS) is 13.6.